The Hall–Kier alpha value is -2.12. The highest BCUT2D eigenvalue weighted by Crippen LogP contribution is 2.07. The highest BCUT2D eigenvalue weighted by atomic mass is 16.2. The molecule has 0 aliphatic carbocycles. The van der Waals surface area contributed by atoms with E-state index in [9.17, 15) is 4.79 Å². The van der Waals surface area contributed by atoms with E-state index >= 15 is 0 Å². The smallest absolute Gasteiger partial charge is 0.253 e. The highest BCUT2D eigenvalue weighted by Gasteiger charge is 2.11. The summed E-state index contributed by atoms with van der Waals surface area (Å²) in [7, 11) is 5.72. The number of carbonyl (C=O) groups excluding carboxylic acids is 1. The first-order valence-electron chi connectivity index (χ1n) is 10.2. The van der Waals surface area contributed by atoms with Crippen LogP contribution >= 0.6 is 0 Å². The van der Waals surface area contributed by atoms with Crippen LogP contribution in [-0.4, -0.2) is 93.5 Å². The van der Waals surface area contributed by atoms with E-state index in [4.69, 9.17) is 0 Å². The minimum atomic E-state index is 0.0183. The lowest BCUT2D eigenvalue weighted by Crippen LogP contribution is -2.42. The monoisotopic (exact) mass is 388 g/mol. The van der Waals surface area contributed by atoms with Crippen molar-refractivity contribution in [1.29, 1.82) is 0 Å². The van der Waals surface area contributed by atoms with Crippen LogP contribution in [0, 0.1) is 0 Å². The maximum absolute atomic E-state index is 12.0. The number of likely N-dealkylation sites (N-methyl/N-ethyl adjacent to an activating group) is 1. The van der Waals surface area contributed by atoms with Crippen molar-refractivity contribution < 1.29 is 4.79 Å². The second-order valence-corrected chi connectivity index (χ2v) is 7.52. The fourth-order valence-corrected chi connectivity index (χ4v) is 3.18. The average Bonchev–Trinajstić information content (AvgIpc) is 2.90. The Morgan fingerprint density at radius 3 is 2.54 bits per heavy atom. The molecule has 1 amide bonds. The zero-order chi connectivity index (χ0) is 20.4. The molecule has 7 heteroatoms. The molecule has 28 heavy (non-hydrogen) atoms. The first kappa shape index (κ1) is 22.2. The normalized spacial score (nSPS) is 16.5. The Labute approximate surface area is 169 Å². The first-order chi connectivity index (χ1) is 13.5. The molecule has 1 heterocycles. The van der Waals surface area contributed by atoms with Crippen LogP contribution < -0.4 is 10.6 Å². The lowest BCUT2D eigenvalue weighted by molar-refractivity contribution is 0.0827. The SMILES string of the molecule is CCNC(=NCc1ccc(C(=O)N(C)C)cc1)NCCN1CCCN(C)CC1. The van der Waals surface area contributed by atoms with Crippen molar-refractivity contribution in [3.8, 4) is 0 Å². The minimum absolute atomic E-state index is 0.0183. The van der Waals surface area contributed by atoms with Gasteiger partial charge in [0.05, 0.1) is 6.54 Å². The standard InChI is InChI=1S/C21H36N6O/c1-5-22-21(23-11-14-27-13-6-12-26(4)15-16-27)24-17-18-7-9-19(10-8-18)20(28)25(2)3/h7-10H,5-6,11-17H2,1-4H3,(H2,22,23,24). The van der Waals surface area contributed by atoms with E-state index in [1.807, 2.05) is 24.3 Å². The summed E-state index contributed by atoms with van der Waals surface area (Å²) in [6.45, 7) is 10.0. The van der Waals surface area contributed by atoms with Crippen molar-refractivity contribution in [3.05, 3.63) is 35.4 Å². The molecule has 0 spiro atoms. The molecule has 2 rings (SSSR count). The van der Waals surface area contributed by atoms with Crippen LogP contribution in [0.15, 0.2) is 29.3 Å². The van der Waals surface area contributed by atoms with Gasteiger partial charge in [0.2, 0.25) is 0 Å². The fourth-order valence-electron chi connectivity index (χ4n) is 3.18. The third-order valence-corrected chi connectivity index (χ3v) is 4.90. The summed E-state index contributed by atoms with van der Waals surface area (Å²) >= 11 is 0. The van der Waals surface area contributed by atoms with Crippen molar-refractivity contribution in [3.63, 3.8) is 0 Å². The van der Waals surface area contributed by atoms with Crippen LogP contribution in [0.25, 0.3) is 0 Å². The molecule has 0 radical (unpaired) electrons. The summed E-state index contributed by atoms with van der Waals surface area (Å²) in [4.78, 5) is 23.1. The summed E-state index contributed by atoms with van der Waals surface area (Å²) in [6.07, 6.45) is 1.23. The predicted molar refractivity (Wildman–Crippen MR) is 116 cm³/mol. The molecular weight excluding hydrogens is 352 g/mol. The van der Waals surface area contributed by atoms with Crippen LogP contribution in [0.1, 0.15) is 29.3 Å². The Morgan fingerprint density at radius 2 is 1.86 bits per heavy atom. The number of aliphatic imine (C=N–C) groups is 1. The van der Waals surface area contributed by atoms with Crippen LogP contribution in [-0.2, 0) is 6.54 Å². The van der Waals surface area contributed by atoms with E-state index in [2.05, 4.69) is 39.4 Å². The number of benzene rings is 1. The van der Waals surface area contributed by atoms with Gasteiger partial charge < -0.3 is 25.3 Å². The van der Waals surface area contributed by atoms with Crippen molar-refractivity contribution in [2.75, 3.05) is 67.0 Å². The zero-order valence-corrected chi connectivity index (χ0v) is 17.9. The van der Waals surface area contributed by atoms with Gasteiger partial charge in [-0.15, -0.1) is 0 Å². The maximum Gasteiger partial charge on any atom is 0.253 e. The number of nitrogens with zero attached hydrogens (tertiary/aromatic N) is 4. The van der Waals surface area contributed by atoms with Gasteiger partial charge in [-0.3, -0.25) is 4.79 Å². The largest absolute Gasteiger partial charge is 0.357 e. The van der Waals surface area contributed by atoms with Crippen molar-refractivity contribution in [2.24, 2.45) is 4.99 Å². The molecule has 0 saturated carbocycles. The zero-order valence-electron chi connectivity index (χ0n) is 17.9. The second-order valence-electron chi connectivity index (χ2n) is 7.52. The van der Waals surface area contributed by atoms with Crippen LogP contribution in [0.4, 0.5) is 0 Å². The van der Waals surface area contributed by atoms with Crippen molar-refractivity contribution in [1.82, 2.24) is 25.3 Å². The van der Waals surface area contributed by atoms with Gasteiger partial charge in [-0.25, -0.2) is 4.99 Å². The molecule has 7 nitrogen and oxygen atoms in total. The molecule has 0 aromatic heterocycles. The molecule has 1 aliphatic heterocycles. The van der Waals surface area contributed by atoms with Gasteiger partial charge in [0.1, 0.15) is 0 Å². The molecule has 0 atom stereocenters. The third-order valence-electron chi connectivity index (χ3n) is 4.90. The van der Waals surface area contributed by atoms with Gasteiger partial charge in [0, 0.05) is 52.4 Å². The quantitative estimate of drug-likeness (QED) is 0.541. The molecule has 0 unspecified atom stereocenters. The Balaban J connectivity index is 1.83. The highest BCUT2D eigenvalue weighted by molar-refractivity contribution is 5.93. The molecule has 1 fully saturated rings. The summed E-state index contributed by atoms with van der Waals surface area (Å²) < 4.78 is 0. The molecule has 0 bridgehead atoms. The summed E-state index contributed by atoms with van der Waals surface area (Å²) in [6, 6.07) is 7.67. The fraction of sp³-hybridized carbons (Fsp3) is 0.619. The number of carbonyl (C=O) groups is 1. The third kappa shape index (κ3) is 7.48. The number of amides is 1. The Morgan fingerprint density at radius 1 is 1.11 bits per heavy atom. The molecule has 1 saturated heterocycles. The first-order valence-corrected chi connectivity index (χ1v) is 10.2. The number of rotatable bonds is 7. The average molecular weight is 389 g/mol. The maximum atomic E-state index is 12.0. The van der Waals surface area contributed by atoms with E-state index in [-0.39, 0.29) is 5.91 Å². The molecule has 156 valence electrons. The van der Waals surface area contributed by atoms with E-state index in [0.717, 1.165) is 50.8 Å². The summed E-state index contributed by atoms with van der Waals surface area (Å²) in [5, 5.41) is 6.74. The Bertz CT molecular complexity index is 628. The Kier molecular flexibility index (Phi) is 9.23. The summed E-state index contributed by atoms with van der Waals surface area (Å²) in [5.74, 6) is 0.854. The van der Waals surface area contributed by atoms with E-state index < -0.39 is 0 Å². The van der Waals surface area contributed by atoms with Crippen LogP contribution in [0.3, 0.4) is 0 Å². The lowest BCUT2D eigenvalue weighted by Gasteiger charge is -2.21. The second kappa shape index (κ2) is 11.7. The van der Waals surface area contributed by atoms with E-state index in [0.29, 0.717) is 12.1 Å². The molecule has 1 aromatic carbocycles. The van der Waals surface area contributed by atoms with Gasteiger partial charge in [0.25, 0.3) is 5.91 Å². The van der Waals surface area contributed by atoms with Gasteiger partial charge in [-0.2, -0.15) is 0 Å². The van der Waals surface area contributed by atoms with Gasteiger partial charge >= 0.3 is 0 Å². The van der Waals surface area contributed by atoms with Crippen LogP contribution in [0.5, 0.6) is 0 Å². The minimum Gasteiger partial charge on any atom is -0.357 e. The lowest BCUT2D eigenvalue weighted by atomic mass is 10.1. The van der Waals surface area contributed by atoms with E-state index in [1.165, 1.54) is 13.0 Å². The van der Waals surface area contributed by atoms with Gasteiger partial charge in [-0.05, 0) is 51.2 Å². The van der Waals surface area contributed by atoms with Gasteiger partial charge in [-0.1, -0.05) is 12.1 Å². The summed E-state index contributed by atoms with van der Waals surface area (Å²) in [5.41, 5.74) is 1.79. The van der Waals surface area contributed by atoms with Crippen molar-refractivity contribution in [2.45, 2.75) is 19.9 Å². The number of nitrogens with one attached hydrogen (secondary N) is 2. The molecule has 1 aliphatic rings. The number of hydrogen-bond acceptors (Lipinski definition) is 4. The number of guanidine groups is 1. The molecule has 1 aromatic rings. The number of hydrogen-bond donors (Lipinski definition) is 2. The van der Waals surface area contributed by atoms with Crippen molar-refractivity contribution >= 4 is 11.9 Å². The van der Waals surface area contributed by atoms with Gasteiger partial charge in [0.15, 0.2) is 5.96 Å². The molecule has 2 N–H and O–H groups in total. The predicted octanol–water partition coefficient (Wildman–Crippen LogP) is 1.08. The van der Waals surface area contributed by atoms with Crippen LogP contribution in [0.2, 0.25) is 0 Å². The van der Waals surface area contributed by atoms with E-state index in [1.54, 1.807) is 19.0 Å². The topological polar surface area (TPSA) is 63.2 Å². The molecular formula is C21H36N6O.